The maximum absolute atomic E-state index is 4.73. The van der Waals surface area contributed by atoms with Gasteiger partial charge in [0.25, 0.3) is 0 Å². The third-order valence-corrected chi connectivity index (χ3v) is 4.06. The fourth-order valence-electron chi connectivity index (χ4n) is 2.72. The molecule has 1 N–H and O–H groups in total. The Kier molecular flexibility index (Phi) is 3.53. The molecule has 2 aromatic rings. The first kappa shape index (κ1) is 13.9. The molecule has 0 fully saturated rings. The Hall–Kier alpha value is -2.10. The van der Waals surface area contributed by atoms with Crippen LogP contribution >= 0.6 is 0 Å². The summed E-state index contributed by atoms with van der Waals surface area (Å²) >= 11 is 0. The second kappa shape index (κ2) is 5.35. The Balaban J connectivity index is 2.06. The molecule has 0 radical (unpaired) electrons. The topological polar surface area (TPSA) is 41.1 Å². The summed E-state index contributed by atoms with van der Waals surface area (Å²) in [6.45, 7) is 5.40. The lowest BCUT2D eigenvalue weighted by Crippen LogP contribution is -2.12. The van der Waals surface area contributed by atoms with Gasteiger partial charge in [-0.05, 0) is 36.1 Å². The predicted molar refractivity (Wildman–Crippen MR) is 88.1 cm³/mol. The minimum absolute atomic E-state index is 0.388. The largest absolute Gasteiger partial charge is 0.374 e. The number of nitrogens with one attached hydrogen (secondary N) is 1. The third kappa shape index (κ3) is 2.58. The summed E-state index contributed by atoms with van der Waals surface area (Å²) < 4.78 is 0. The van der Waals surface area contributed by atoms with Crippen LogP contribution in [-0.2, 0) is 6.42 Å². The van der Waals surface area contributed by atoms with Crippen molar-refractivity contribution in [3.63, 3.8) is 0 Å². The Morgan fingerprint density at radius 1 is 1.19 bits per heavy atom. The lowest BCUT2D eigenvalue weighted by atomic mass is 10.1. The van der Waals surface area contributed by atoms with Gasteiger partial charge in [0.1, 0.15) is 5.82 Å². The average molecular weight is 282 g/mol. The van der Waals surface area contributed by atoms with Crippen molar-refractivity contribution in [2.24, 2.45) is 0 Å². The van der Waals surface area contributed by atoms with E-state index >= 15 is 0 Å². The van der Waals surface area contributed by atoms with Gasteiger partial charge in [0.05, 0.1) is 0 Å². The molecule has 21 heavy (non-hydrogen) atoms. The first-order valence-corrected chi connectivity index (χ1v) is 7.49. The molecule has 4 nitrogen and oxygen atoms in total. The second-order valence-electron chi connectivity index (χ2n) is 5.92. The number of fused-ring (bicyclic) bond motifs is 1. The first-order valence-electron chi connectivity index (χ1n) is 7.49. The summed E-state index contributed by atoms with van der Waals surface area (Å²) in [6, 6.07) is 8.56. The molecule has 0 bridgehead atoms. The second-order valence-corrected chi connectivity index (χ2v) is 5.92. The van der Waals surface area contributed by atoms with Crippen LogP contribution in [0.25, 0.3) is 11.4 Å². The van der Waals surface area contributed by atoms with Gasteiger partial charge in [0.2, 0.25) is 0 Å². The van der Waals surface area contributed by atoms with Crippen LogP contribution in [0.1, 0.15) is 31.0 Å². The van der Waals surface area contributed by atoms with Crippen molar-refractivity contribution in [3.8, 4) is 11.4 Å². The van der Waals surface area contributed by atoms with Crippen molar-refractivity contribution >= 4 is 11.5 Å². The molecule has 2 heterocycles. The van der Waals surface area contributed by atoms with Crippen molar-refractivity contribution in [2.75, 3.05) is 30.9 Å². The van der Waals surface area contributed by atoms with Gasteiger partial charge in [-0.15, -0.1) is 0 Å². The van der Waals surface area contributed by atoms with Crippen LogP contribution in [0.2, 0.25) is 0 Å². The van der Waals surface area contributed by atoms with Gasteiger partial charge in [-0.1, -0.05) is 13.8 Å². The number of benzene rings is 1. The first-order chi connectivity index (χ1) is 10.1. The highest BCUT2D eigenvalue weighted by Gasteiger charge is 2.17. The molecular weight excluding hydrogens is 260 g/mol. The van der Waals surface area contributed by atoms with Crippen molar-refractivity contribution < 1.29 is 0 Å². The summed E-state index contributed by atoms with van der Waals surface area (Å²) in [5.74, 6) is 2.07. The van der Waals surface area contributed by atoms with Crippen LogP contribution in [0.3, 0.4) is 0 Å². The third-order valence-electron chi connectivity index (χ3n) is 4.06. The fraction of sp³-hybridized carbons (Fsp3) is 0.412. The normalized spacial score (nSPS) is 13.7. The number of nitrogens with zero attached hydrogens (tertiary/aromatic N) is 3. The van der Waals surface area contributed by atoms with Gasteiger partial charge in [0, 0.05) is 43.7 Å². The molecule has 0 amide bonds. The van der Waals surface area contributed by atoms with E-state index in [1.54, 1.807) is 0 Å². The molecule has 0 spiro atoms. The predicted octanol–water partition coefficient (Wildman–Crippen LogP) is 3.30. The van der Waals surface area contributed by atoms with Gasteiger partial charge in [-0.25, -0.2) is 9.97 Å². The summed E-state index contributed by atoms with van der Waals surface area (Å²) in [6.07, 6.45) is 1.10. The van der Waals surface area contributed by atoms with Crippen molar-refractivity contribution in [2.45, 2.75) is 26.2 Å². The van der Waals surface area contributed by atoms with Gasteiger partial charge < -0.3 is 10.2 Å². The number of anilines is 2. The van der Waals surface area contributed by atoms with Gasteiger partial charge in [0.15, 0.2) is 5.82 Å². The summed E-state index contributed by atoms with van der Waals surface area (Å²) in [5, 5.41) is 3.13. The highest BCUT2D eigenvalue weighted by molar-refractivity contribution is 5.67. The van der Waals surface area contributed by atoms with Crippen molar-refractivity contribution in [1.82, 2.24) is 9.97 Å². The van der Waals surface area contributed by atoms with E-state index in [2.05, 4.69) is 54.3 Å². The van der Waals surface area contributed by atoms with E-state index in [0.29, 0.717) is 5.92 Å². The summed E-state index contributed by atoms with van der Waals surface area (Å²) in [4.78, 5) is 11.6. The minimum Gasteiger partial charge on any atom is -0.374 e. The molecule has 4 heteroatoms. The lowest BCUT2D eigenvalue weighted by Gasteiger charge is -2.13. The Morgan fingerprint density at radius 3 is 2.71 bits per heavy atom. The maximum Gasteiger partial charge on any atom is 0.161 e. The van der Waals surface area contributed by atoms with Gasteiger partial charge >= 0.3 is 0 Å². The maximum atomic E-state index is 4.73. The van der Waals surface area contributed by atoms with Crippen molar-refractivity contribution in [1.29, 1.82) is 0 Å². The number of aromatic nitrogens is 2. The Labute approximate surface area is 126 Å². The molecule has 0 saturated heterocycles. The number of likely N-dealkylation sites (N-methyl/N-ethyl adjacent to an activating group) is 1. The average Bonchev–Trinajstić information content (AvgIpc) is 2.87. The molecule has 1 aliphatic rings. The van der Waals surface area contributed by atoms with Crippen LogP contribution in [0.4, 0.5) is 11.5 Å². The highest BCUT2D eigenvalue weighted by atomic mass is 15.1. The van der Waals surface area contributed by atoms with E-state index in [9.17, 15) is 0 Å². The quantitative estimate of drug-likeness (QED) is 0.938. The van der Waals surface area contributed by atoms with E-state index in [1.807, 2.05) is 13.1 Å². The van der Waals surface area contributed by atoms with E-state index < -0.39 is 0 Å². The van der Waals surface area contributed by atoms with Crippen LogP contribution in [0.5, 0.6) is 0 Å². The number of hydrogen-bond acceptors (Lipinski definition) is 4. The lowest BCUT2D eigenvalue weighted by molar-refractivity contribution is 0.817. The van der Waals surface area contributed by atoms with Gasteiger partial charge in [-0.3, -0.25) is 0 Å². The smallest absolute Gasteiger partial charge is 0.161 e. The zero-order valence-corrected chi connectivity index (χ0v) is 13.1. The fourth-order valence-corrected chi connectivity index (χ4v) is 2.72. The molecule has 0 saturated carbocycles. The standard InChI is InChI=1S/C17H22N4/c1-11(2)14-10-16(18-3)20-17(19-14)13-5-6-15-12(9-13)7-8-21(15)4/h5-6,9-11H,7-8H2,1-4H3,(H,18,19,20). The summed E-state index contributed by atoms with van der Waals surface area (Å²) in [5.41, 5.74) is 4.89. The molecular formula is C17H22N4. The molecule has 110 valence electrons. The highest BCUT2D eigenvalue weighted by Crippen LogP contribution is 2.31. The number of rotatable bonds is 3. The van der Waals surface area contributed by atoms with E-state index in [0.717, 1.165) is 35.9 Å². The van der Waals surface area contributed by atoms with E-state index in [-0.39, 0.29) is 0 Å². The minimum atomic E-state index is 0.388. The van der Waals surface area contributed by atoms with E-state index in [4.69, 9.17) is 4.98 Å². The molecule has 0 atom stereocenters. The van der Waals surface area contributed by atoms with E-state index in [1.165, 1.54) is 11.3 Å². The molecule has 0 aliphatic carbocycles. The van der Waals surface area contributed by atoms with Gasteiger partial charge in [-0.2, -0.15) is 0 Å². The Bertz CT molecular complexity index is 664. The number of hydrogen-bond donors (Lipinski definition) is 1. The molecule has 0 unspecified atom stereocenters. The van der Waals surface area contributed by atoms with Crippen molar-refractivity contribution in [3.05, 3.63) is 35.5 Å². The van der Waals surface area contributed by atoms with Crippen LogP contribution < -0.4 is 10.2 Å². The monoisotopic (exact) mass is 282 g/mol. The molecule has 1 aromatic heterocycles. The van der Waals surface area contributed by atoms with Crippen LogP contribution in [-0.4, -0.2) is 30.6 Å². The molecule has 3 rings (SSSR count). The SMILES string of the molecule is CNc1cc(C(C)C)nc(-c2ccc3c(c2)CCN3C)n1. The summed E-state index contributed by atoms with van der Waals surface area (Å²) in [7, 11) is 4.04. The zero-order valence-electron chi connectivity index (χ0n) is 13.1. The Morgan fingerprint density at radius 2 is 2.00 bits per heavy atom. The van der Waals surface area contributed by atoms with Crippen LogP contribution in [0, 0.1) is 0 Å². The van der Waals surface area contributed by atoms with Crippen LogP contribution in [0.15, 0.2) is 24.3 Å². The zero-order chi connectivity index (χ0) is 15.0. The molecule has 1 aromatic carbocycles. The molecule has 1 aliphatic heterocycles.